The molecule has 1 unspecified atom stereocenters. The van der Waals surface area contributed by atoms with Gasteiger partial charge in [-0.25, -0.2) is 13.4 Å². The molecule has 27 heavy (non-hydrogen) atoms. The molecule has 0 radical (unpaired) electrons. The van der Waals surface area contributed by atoms with E-state index in [4.69, 9.17) is 4.74 Å². The summed E-state index contributed by atoms with van der Waals surface area (Å²) in [5, 5.41) is 6.55. The zero-order valence-corrected chi connectivity index (χ0v) is 19.6. The van der Waals surface area contributed by atoms with Gasteiger partial charge in [0.2, 0.25) is 0 Å². The molecule has 1 atom stereocenters. The van der Waals surface area contributed by atoms with Gasteiger partial charge in [0.1, 0.15) is 0 Å². The van der Waals surface area contributed by atoms with Gasteiger partial charge in [0.15, 0.2) is 15.8 Å². The van der Waals surface area contributed by atoms with Gasteiger partial charge < -0.3 is 20.3 Å². The molecule has 1 saturated heterocycles. The summed E-state index contributed by atoms with van der Waals surface area (Å²) in [6, 6.07) is 5.35. The number of nitrogens with zero attached hydrogens (tertiary/aromatic N) is 2. The zero-order valence-electron chi connectivity index (χ0n) is 16.5. The highest BCUT2D eigenvalue weighted by Crippen LogP contribution is 2.17. The highest BCUT2D eigenvalue weighted by molar-refractivity contribution is 14.0. The van der Waals surface area contributed by atoms with Gasteiger partial charge in [-0.3, -0.25) is 0 Å². The molecule has 7 nitrogen and oxygen atoms in total. The monoisotopic (exact) mass is 510 g/mol. The molecule has 0 aliphatic carbocycles. The Kier molecular flexibility index (Phi) is 9.99. The highest BCUT2D eigenvalue weighted by atomic mass is 127. The van der Waals surface area contributed by atoms with Crippen molar-refractivity contribution in [1.29, 1.82) is 0 Å². The molecule has 1 aromatic carbocycles. The maximum Gasteiger partial charge on any atom is 0.191 e. The van der Waals surface area contributed by atoms with Crippen LogP contribution >= 0.6 is 24.0 Å². The van der Waals surface area contributed by atoms with Crippen LogP contribution in [0.1, 0.15) is 18.1 Å². The van der Waals surface area contributed by atoms with E-state index in [1.54, 1.807) is 6.07 Å². The lowest BCUT2D eigenvalue weighted by Crippen LogP contribution is -2.48. The summed E-state index contributed by atoms with van der Waals surface area (Å²) >= 11 is 0. The van der Waals surface area contributed by atoms with Crippen molar-refractivity contribution in [3.8, 4) is 0 Å². The molecule has 0 bridgehead atoms. The van der Waals surface area contributed by atoms with Crippen molar-refractivity contribution in [2.24, 2.45) is 4.99 Å². The van der Waals surface area contributed by atoms with Crippen molar-refractivity contribution in [3.05, 3.63) is 29.3 Å². The molecule has 1 aliphatic rings. The van der Waals surface area contributed by atoms with E-state index in [1.165, 1.54) is 6.26 Å². The summed E-state index contributed by atoms with van der Waals surface area (Å²) in [4.78, 5) is 7.22. The second kappa shape index (κ2) is 11.2. The molecular weight excluding hydrogens is 479 g/mol. The smallest absolute Gasteiger partial charge is 0.191 e. The van der Waals surface area contributed by atoms with Crippen molar-refractivity contribution >= 4 is 39.8 Å². The molecule has 154 valence electrons. The number of hydrogen-bond donors (Lipinski definition) is 2. The van der Waals surface area contributed by atoms with Crippen LogP contribution in [-0.4, -0.2) is 71.5 Å². The summed E-state index contributed by atoms with van der Waals surface area (Å²) in [6.45, 7) is 8.39. The Labute approximate surface area is 179 Å². The van der Waals surface area contributed by atoms with Crippen molar-refractivity contribution < 1.29 is 13.2 Å². The lowest BCUT2D eigenvalue weighted by atomic mass is 10.1. The standard InChI is InChI=1S/C18H30N4O3S.HI/c1-5-19-18(21-12-16-13-22(3)8-9-25-16)20-11-15-6-7-17(14(2)10-15)26(4,23)24;/h6-7,10,16H,5,8-9,11-13H2,1-4H3,(H2,19,20,21);1H. The number of guanidine groups is 1. The van der Waals surface area contributed by atoms with Crippen LogP contribution in [-0.2, 0) is 21.1 Å². The Bertz CT molecular complexity index is 740. The van der Waals surface area contributed by atoms with Gasteiger partial charge in [0, 0.05) is 32.4 Å². The lowest BCUT2D eigenvalue weighted by Gasteiger charge is -2.30. The van der Waals surface area contributed by atoms with Crippen LogP contribution in [0.3, 0.4) is 0 Å². The van der Waals surface area contributed by atoms with Gasteiger partial charge in [-0.2, -0.15) is 0 Å². The second-order valence-electron chi connectivity index (χ2n) is 6.70. The van der Waals surface area contributed by atoms with Crippen LogP contribution in [0.4, 0.5) is 0 Å². The van der Waals surface area contributed by atoms with Gasteiger partial charge in [0.05, 0.1) is 24.2 Å². The van der Waals surface area contributed by atoms with E-state index in [1.807, 2.05) is 26.0 Å². The fourth-order valence-electron chi connectivity index (χ4n) is 2.94. The van der Waals surface area contributed by atoms with Crippen LogP contribution in [0.15, 0.2) is 28.1 Å². The van der Waals surface area contributed by atoms with Crippen LogP contribution in [0.2, 0.25) is 0 Å². The lowest BCUT2D eigenvalue weighted by molar-refractivity contribution is -0.0161. The molecule has 1 fully saturated rings. The summed E-state index contributed by atoms with van der Waals surface area (Å²) in [5.41, 5.74) is 1.72. The molecule has 9 heteroatoms. The molecular formula is C18H31IN4O3S. The maximum absolute atomic E-state index is 11.7. The molecule has 0 aromatic heterocycles. The van der Waals surface area contributed by atoms with Crippen LogP contribution in [0.5, 0.6) is 0 Å². The molecule has 1 aromatic rings. The van der Waals surface area contributed by atoms with E-state index in [2.05, 4.69) is 27.6 Å². The van der Waals surface area contributed by atoms with E-state index >= 15 is 0 Å². The van der Waals surface area contributed by atoms with Crippen molar-refractivity contribution in [2.45, 2.75) is 31.4 Å². The number of aliphatic imine (C=N–C) groups is 1. The Balaban J connectivity index is 0.00000364. The van der Waals surface area contributed by atoms with E-state index < -0.39 is 9.84 Å². The number of nitrogens with one attached hydrogen (secondary N) is 2. The fourth-order valence-corrected chi connectivity index (χ4v) is 3.90. The molecule has 2 rings (SSSR count). The summed E-state index contributed by atoms with van der Waals surface area (Å²) in [7, 11) is -1.10. The first-order valence-electron chi connectivity index (χ1n) is 8.91. The summed E-state index contributed by atoms with van der Waals surface area (Å²) in [5.74, 6) is 0.731. The largest absolute Gasteiger partial charge is 0.374 e. The predicted molar refractivity (Wildman–Crippen MR) is 120 cm³/mol. The fraction of sp³-hybridized carbons (Fsp3) is 0.611. The average molecular weight is 510 g/mol. The number of hydrogen-bond acceptors (Lipinski definition) is 5. The number of ether oxygens (including phenoxy) is 1. The number of benzene rings is 1. The van der Waals surface area contributed by atoms with Crippen LogP contribution in [0, 0.1) is 6.92 Å². The molecule has 0 amide bonds. The minimum atomic E-state index is -3.19. The molecule has 2 N–H and O–H groups in total. The van der Waals surface area contributed by atoms with E-state index in [0.29, 0.717) is 18.0 Å². The first kappa shape index (κ1) is 24.1. The number of aryl methyl sites for hydroxylation is 1. The third kappa shape index (κ3) is 7.92. The Hall–Kier alpha value is -0.910. The van der Waals surface area contributed by atoms with Crippen LogP contribution in [0.25, 0.3) is 0 Å². The van der Waals surface area contributed by atoms with E-state index in [-0.39, 0.29) is 30.1 Å². The topological polar surface area (TPSA) is 83.0 Å². The minimum Gasteiger partial charge on any atom is -0.374 e. The first-order valence-corrected chi connectivity index (χ1v) is 10.8. The quantitative estimate of drug-likeness (QED) is 0.342. The van der Waals surface area contributed by atoms with Gasteiger partial charge in [0.25, 0.3) is 0 Å². The predicted octanol–water partition coefficient (Wildman–Crippen LogP) is 1.40. The zero-order chi connectivity index (χ0) is 19.2. The minimum absolute atomic E-state index is 0. The van der Waals surface area contributed by atoms with Gasteiger partial charge >= 0.3 is 0 Å². The second-order valence-corrected chi connectivity index (χ2v) is 8.69. The first-order chi connectivity index (χ1) is 12.3. The molecule has 1 heterocycles. The molecule has 1 aliphatic heterocycles. The SMILES string of the molecule is CCNC(=NCc1ccc(S(C)(=O)=O)c(C)c1)NCC1CN(C)CCO1.I. The number of sulfone groups is 1. The van der Waals surface area contributed by atoms with E-state index in [9.17, 15) is 8.42 Å². The van der Waals surface area contributed by atoms with Gasteiger partial charge in [-0.15, -0.1) is 24.0 Å². The summed E-state index contributed by atoms with van der Waals surface area (Å²) in [6.07, 6.45) is 1.37. The Morgan fingerprint density at radius 1 is 1.37 bits per heavy atom. The summed E-state index contributed by atoms with van der Waals surface area (Å²) < 4.78 is 29.2. The van der Waals surface area contributed by atoms with E-state index in [0.717, 1.165) is 43.3 Å². The average Bonchev–Trinajstić information content (AvgIpc) is 2.56. The molecule has 0 saturated carbocycles. The number of likely N-dealkylation sites (N-methyl/N-ethyl adjacent to an activating group) is 1. The molecule has 0 spiro atoms. The van der Waals surface area contributed by atoms with Crippen LogP contribution < -0.4 is 10.6 Å². The highest BCUT2D eigenvalue weighted by Gasteiger charge is 2.17. The number of halogens is 1. The van der Waals surface area contributed by atoms with Crippen molar-refractivity contribution in [2.75, 3.05) is 46.1 Å². The third-order valence-electron chi connectivity index (χ3n) is 4.24. The number of rotatable bonds is 6. The Morgan fingerprint density at radius 3 is 2.70 bits per heavy atom. The van der Waals surface area contributed by atoms with Gasteiger partial charge in [-0.1, -0.05) is 12.1 Å². The maximum atomic E-state index is 11.7. The third-order valence-corrected chi connectivity index (χ3v) is 5.50. The van der Waals surface area contributed by atoms with Gasteiger partial charge in [-0.05, 0) is 38.1 Å². The van der Waals surface area contributed by atoms with Crippen molar-refractivity contribution in [1.82, 2.24) is 15.5 Å². The Morgan fingerprint density at radius 2 is 2.11 bits per heavy atom. The van der Waals surface area contributed by atoms with Crippen molar-refractivity contribution in [3.63, 3.8) is 0 Å². The normalized spacial score (nSPS) is 18.7. The number of morpholine rings is 1.